The number of ether oxygens (including phenoxy) is 2. The largest absolute Gasteiger partial charge is 0.490 e. The molecule has 0 aliphatic heterocycles. The molecular formula is C22H28ClN3O2. The van der Waals surface area contributed by atoms with Gasteiger partial charge in [-0.25, -0.2) is 4.98 Å². The van der Waals surface area contributed by atoms with Crippen LogP contribution in [0, 0.1) is 0 Å². The standard InChI is InChI=1S/C22H28ClN3O2/c1-3-12-28-21-14-17(23)16(13-20(21)27-4-2)15-24-11-7-10-22-25-18-8-5-6-9-19(18)26-22/h5-6,8-9,13-14,24H,3-4,7,10-12,15H2,1-2H3,(H,25,26). The second-order valence-corrected chi connectivity index (χ2v) is 7.06. The SMILES string of the molecule is CCCOc1cc(Cl)c(CNCCCc2nc3ccccc3[nH]2)cc1OCC. The molecule has 0 unspecified atom stereocenters. The third-order valence-corrected chi connectivity index (χ3v) is 4.75. The maximum atomic E-state index is 6.44. The molecule has 28 heavy (non-hydrogen) atoms. The van der Waals surface area contributed by atoms with E-state index in [1.165, 1.54) is 0 Å². The summed E-state index contributed by atoms with van der Waals surface area (Å²) in [4.78, 5) is 7.98. The number of benzene rings is 2. The van der Waals surface area contributed by atoms with Gasteiger partial charge in [-0.1, -0.05) is 30.7 Å². The fraction of sp³-hybridized carbons (Fsp3) is 0.409. The lowest BCUT2D eigenvalue weighted by molar-refractivity contribution is 0.276. The number of H-pyrrole nitrogens is 1. The van der Waals surface area contributed by atoms with Crippen molar-refractivity contribution in [1.29, 1.82) is 0 Å². The smallest absolute Gasteiger partial charge is 0.162 e. The van der Waals surface area contributed by atoms with Crippen LogP contribution in [0.4, 0.5) is 0 Å². The maximum absolute atomic E-state index is 6.44. The molecule has 0 aliphatic carbocycles. The third-order valence-electron chi connectivity index (χ3n) is 4.40. The van der Waals surface area contributed by atoms with Crippen LogP contribution in [-0.4, -0.2) is 29.7 Å². The number of aromatic amines is 1. The zero-order valence-corrected chi connectivity index (χ0v) is 17.3. The van der Waals surface area contributed by atoms with Crippen molar-refractivity contribution >= 4 is 22.6 Å². The number of imidazole rings is 1. The number of aromatic nitrogens is 2. The molecule has 0 atom stereocenters. The van der Waals surface area contributed by atoms with Gasteiger partial charge in [-0.3, -0.25) is 0 Å². The molecule has 0 aliphatic rings. The Balaban J connectivity index is 1.51. The second-order valence-electron chi connectivity index (χ2n) is 6.65. The summed E-state index contributed by atoms with van der Waals surface area (Å²) < 4.78 is 11.5. The van der Waals surface area contributed by atoms with Crippen molar-refractivity contribution in [3.05, 3.63) is 52.8 Å². The molecule has 0 saturated carbocycles. The highest BCUT2D eigenvalue weighted by Crippen LogP contribution is 2.33. The lowest BCUT2D eigenvalue weighted by atomic mass is 10.2. The van der Waals surface area contributed by atoms with Crippen LogP contribution in [-0.2, 0) is 13.0 Å². The number of nitrogens with one attached hydrogen (secondary N) is 2. The summed E-state index contributed by atoms with van der Waals surface area (Å²) >= 11 is 6.44. The Hall–Kier alpha value is -2.24. The van der Waals surface area contributed by atoms with Crippen LogP contribution >= 0.6 is 11.6 Å². The lowest BCUT2D eigenvalue weighted by Gasteiger charge is -2.15. The minimum absolute atomic E-state index is 0.592. The Morgan fingerprint density at radius 1 is 1.11 bits per heavy atom. The van der Waals surface area contributed by atoms with E-state index >= 15 is 0 Å². The van der Waals surface area contributed by atoms with Crippen LogP contribution in [0.1, 0.15) is 38.1 Å². The van der Waals surface area contributed by atoms with E-state index in [0.717, 1.165) is 54.0 Å². The average Bonchev–Trinajstić information content (AvgIpc) is 3.11. The molecule has 0 spiro atoms. The Morgan fingerprint density at radius 3 is 2.71 bits per heavy atom. The molecule has 5 nitrogen and oxygen atoms in total. The lowest BCUT2D eigenvalue weighted by Crippen LogP contribution is -2.16. The van der Waals surface area contributed by atoms with Crippen molar-refractivity contribution in [2.45, 2.75) is 39.7 Å². The Morgan fingerprint density at radius 2 is 1.93 bits per heavy atom. The fourth-order valence-electron chi connectivity index (χ4n) is 3.03. The summed E-state index contributed by atoms with van der Waals surface area (Å²) in [6, 6.07) is 11.9. The van der Waals surface area contributed by atoms with Gasteiger partial charge in [0.1, 0.15) is 5.82 Å². The Bertz CT molecular complexity index is 862. The van der Waals surface area contributed by atoms with Gasteiger partial charge in [-0.05, 0) is 50.1 Å². The van der Waals surface area contributed by atoms with Gasteiger partial charge < -0.3 is 19.8 Å². The van der Waals surface area contributed by atoms with Gasteiger partial charge in [-0.15, -0.1) is 0 Å². The quantitative estimate of drug-likeness (QED) is 0.437. The van der Waals surface area contributed by atoms with Crippen molar-refractivity contribution in [2.75, 3.05) is 19.8 Å². The molecule has 0 bridgehead atoms. The van der Waals surface area contributed by atoms with Gasteiger partial charge in [0.25, 0.3) is 0 Å². The molecule has 2 N–H and O–H groups in total. The highest BCUT2D eigenvalue weighted by Gasteiger charge is 2.11. The van der Waals surface area contributed by atoms with E-state index in [-0.39, 0.29) is 0 Å². The first-order valence-corrected chi connectivity index (χ1v) is 10.3. The minimum Gasteiger partial charge on any atom is -0.490 e. The first-order valence-electron chi connectivity index (χ1n) is 9.93. The highest BCUT2D eigenvalue weighted by atomic mass is 35.5. The van der Waals surface area contributed by atoms with Crippen LogP contribution in [0.5, 0.6) is 11.5 Å². The molecule has 6 heteroatoms. The first kappa shape index (κ1) is 20.5. The summed E-state index contributed by atoms with van der Waals surface area (Å²) in [6.45, 7) is 6.85. The summed E-state index contributed by atoms with van der Waals surface area (Å²) in [6.07, 6.45) is 2.84. The van der Waals surface area contributed by atoms with Crippen LogP contribution in [0.2, 0.25) is 5.02 Å². The van der Waals surface area contributed by atoms with Crippen LogP contribution < -0.4 is 14.8 Å². The van der Waals surface area contributed by atoms with E-state index in [9.17, 15) is 0 Å². The van der Waals surface area contributed by atoms with Crippen molar-refractivity contribution in [1.82, 2.24) is 15.3 Å². The molecule has 3 rings (SSSR count). The molecule has 0 amide bonds. The molecular weight excluding hydrogens is 374 g/mol. The van der Waals surface area contributed by atoms with Gasteiger partial charge in [0, 0.05) is 24.1 Å². The van der Waals surface area contributed by atoms with Gasteiger partial charge in [0.2, 0.25) is 0 Å². The van der Waals surface area contributed by atoms with Gasteiger partial charge in [0.05, 0.1) is 24.2 Å². The normalized spacial score (nSPS) is 11.1. The zero-order chi connectivity index (χ0) is 19.8. The summed E-state index contributed by atoms with van der Waals surface area (Å²) in [5.41, 5.74) is 3.12. The summed E-state index contributed by atoms with van der Waals surface area (Å²) in [5.74, 6) is 2.49. The van der Waals surface area contributed by atoms with E-state index in [2.05, 4.69) is 28.3 Å². The van der Waals surface area contributed by atoms with E-state index in [1.807, 2.05) is 37.3 Å². The zero-order valence-electron chi connectivity index (χ0n) is 16.6. The maximum Gasteiger partial charge on any atom is 0.162 e. The molecule has 2 aromatic carbocycles. The molecule has 0 fully saturated rings. The van der Waals surface area contributed by atoms with E-state index in [1.54, 1.807) is 0 Å². The van der Waals surface area contributed by atoms with Crippen LogP contribution in [0.15, 0.2) is 36.4 Å². The second kappa shape index (κ2) is 10.3. The number of hydrogen-bond acceptors (Lipinski definition) is 4. The predicted molar refractivity (Wildman–Crippen MR) is 115 cm³/mol. The van der Waals surface area contributed by atoms with E-state index < -0.39 is 0 Å². The summed E-state index contributed by atoms with van der Waals surface area (Å²) in [7, 11) is 0. The number of rotatable bonds is 11. The monoisotopic (exact) mass is 401 g/mol. The molecule has 1 aromatic heterocycles. The fourth-order valence-corrected chi connectivity index (χ4v) is 3.25. The van der Waals surface area contributed by atoms with Crippen LogP contribution in [0.3, 0.4) is 0 Å². The molecule has 1 heterocycles. The van der Waals surface area contributed by atoms with Crippen molar-refractivity contribution < 1.29 is 9.47 Å². The van der Waals surface area contributed by atoms with E-state index in [0.29, 0.717) is 30.5 Å². The molecule has 150 valence electrons. The third kappa shape index (κ3) is 5.40. The number of para-hydroxylation sites is 2. The summed E-state index contributed by atoms with van der Waals surface area (Å²) in [5, 5.41) is 4.15. The molecule has 0 saturated heterocycles. The number of halogens is 1. The van der Waals surface area contributed by atoms with Gasteiger partial charge >= 0.3 is 0 Å². The topological polar surface area (TPSA) is 59.2 Å². The molecule has 3 aromatic rings. The van der Waals surface area contributed by atoms with E-state index in [4.69, 9.17) is 21.1 Å². The van der Waals surface area contributed by atoms with Gasteiger partial charge in [0.15, 0.2) is 11.5 Å². The van der Waals surface area contributed by atoms with Gasteiger partial charge in [-0.2, -0.15) is 0 Å². The van der Waals surface area contributed by atoms with Crippen molar-refractivity contribution in [3.8, 4) is 11.5 Å². The average molecular weight is 402 g/mol. The minimum atomic E-state index is 0.592. The molecule has 0 radical (unpaired) electrons. The Kier molecular flexibility index (Phi) is 7.57. The first-order chi connectivity index (χ1) is 13.7. The number of aryl methyl sites for hydroxylation is 1. The number of fused-ring (bicyclic) bond motifs is 1. The number of nitrogens with zero attached hydrogens (tertiary/aromatic N) is 1. The van der Waals surface area contributed by atoms with Crippen molar-refractivity contribution in [2.24, 2.45) is 0 Å². The number of hydrogen-bond donors (Lipinski definition) is 2. The van der Waals surface area contributed by atoms with Crippen LogP contribution in [0.25, 0.3) is 11.0 Å². The predicted octanol–water partition coefficient (Wildman–Crippen LogP) is 5.13. The van der Waals surface area contributed by atoms with Crippen molar-refractivity contribution in [3.63, 3.8) is 0 Å². The Labute approximate surface area is 171 Å². The highest BCUT2D eigenvalue weighted by molar-refractivity contribution is 6.31.